The molecule has 1 saturated carbocycles. The zero-order valence-corrected chi connectivity index (χ0v) is 27.9. The average molecular weight is 679 g/mol. The molecule has 46 heavy (non-hydrogen) atoms. The van der Waals surface area contributed by atoms with Crippen LogP contribution in [0.15, 0.2) is 108 Å². The second kappa shape index (κ2) is 15.2. The van der Waals surface area contributed by atoms with Crippen molar-refractivity contribution in [3.8, 4) is 0 Å². The van der Waals surface area contributed by atoms with Crippen LogP contribution in [0.3, 0.4) is 0 Å². The van der Waals surface area contributed by atoms with E-state index >= 15 is 0 Å². The topological polar surface area (TPSA) is 86.8 Å². The monoisotopic (exact) mass is 677 g/mol. The SMILES string of the molecule is Cc1ccc(N(CC(=O)N(Cc2cccc(Cl)c2)[C@H](Cc2ccccc2)C(=O)NC2CCCC2)S(=O)(=O)c2ccccc2)cc1Cl. The fraction of sp³-hybridized carbons (Fsp3) is 0.278. The van der Waals surface area contributed by atoms with Crippen LogP contribution in [0.4, 0.5) is 5.69 Å². The molecule has 240 valence electrons. The summed E-state index contributed by atoms with van der Waals surface area (Å²) in [7, 11) is -4.21. The third-order valence-electron chi connectivity index (χ3n) is 8.27. The Balaban J connectivity index is 1.57. The normalized spacial score (nSPS) is 14.1. The molecular weight excluding hydrogens is 641 g/mol. The summed E-state index contributed by atoms with van der Waals surface area (Å²) in [5.41, 5.74) is 2.59. The molecule has 4 aromatic carbocycles. The maximum absolute atomic E-state index is 14.6. The Morgan fingerprint density at radius 2 is 1.50 bits per heavy atom. The van der Waals surface area contributed by atoms with E-state index in [9.17, 15) is 18.0 Å². The minimum absolute atomic E-state index is 0.0264. The molecule has 2 amide bonds. The Morgan fingerprint density at radius 3 is 2.15 bits per heavy atom. The van der Waals surface area contributed by atoms with Gasteiger partial charge in [-0.05, 0) is 72.9 Å². The molecular formula is C36H37Cl2N3O4S. The molecule has 10 heteroatoms. The number of nitrogens with zero attached hydrogens (tertiary/aromatic N) is 2. The number of carbonyl (C=O) groups is 2. The largest absolute Gasteiger partial charge is 0.352 e. The molecule has 0 saturated heterocycles. The molecule has 0 heterocycles. The molecule has 7 nitrogen and oxygen atoms in total. The highest BCUT2D eigenvalue weighted by Gasteiger charge is 2.35. The third kappa shape index (κ3) is 8.29. The van der Waals surface area contributed by atoms with Crippen molar-refractivity contribution in [2.75, 3.05) is 10.8 Å². The molecule has 0 bridgehead atoms. The van der Waals surface area contributed by atoms with Crippen molar-refractivity contribution in [3.05, 3.63) is 130 Å². The van der Waals surface area contributed by atoms with Crippen molar-refractivity contribution in [1.29, 1.82) is 0 Å². The maximum atomic E-state index is 14.6. The zero-order valence-electron chi connectivity index (χ0n) is 25.6. The number of halogens is 2. The van der Waals surface area contributed by atoms with Gasteiger partial charge in [0.25, 0.3) is 10.0 Å². The van der Waals surface area contributed by atoms with Crippen LogP contribution < -0.4 is 9.62 Å². The second-order valence-corrected chi connectivity index (χ2v) is 14.3. The first-order valence-electron chi connectivity index (χ1n) is 15.3. The van der Waals surface area contributed by atoms with Gasteiger partial charge in [-0.1, -0.05) is 103 Å². The van der Waals surface area contributed by atoms with Gasteiger partial charge in [-0.2, -0.15) is 0 Å². The van der Waals surface area contributed by atoms with Crippen LogP contribution >= 0.6 is 23.2 Å². The zero-order chi connectivity index (χ0) is 32.7. The van der Waals surface area contributed by atoms with Crippen LogP contribution in [-0.4, -0.2) is 43.8 Å². The van der Waals surface area contributed by atoms with Gasteiger partial charge in [0.1, 0.15) is 12.6 Å². The van der Waals surface area contributed by atoms with Gasteiger partial charge < -0.3 is 10.2 Å². The first-order valence-corrected chi connectivity index (χ1v) is 17.5. The van der Waals surface area contributed by atoms with E-state index in [1.165, 1.54) is 17.0 Å². The molecule has 0 aromatic heterocycles. The quantitative estimate of drug-likeness (QED) is 0.172. The van der Waals surface area contributed by atoms with E-state index in [4.69, 9.17) is 23.2 Å². The second-order valence-electron chi connectivity index (χ2n) is 11.6. The van der Waals surface area contributed by atoms with Crippen molar-refractivity contribution < 1.29 is 18.0 Å². The number of aryl methyl sites for hydroxylation is 1. The average Bonchev–Trinajstić information content (AvgIpc) is 3.56. The Kier molecular flexibility index (Phi) is 11.0. The predicted octanol–water partition coefficient (Wildman–Crippen LogP) is 7.20. The molecule has 0 spiro atoms. The minimum Gasteiger partial charge on any atom is -0.352 e. The number of rotatable bonds is 12. The Bertz CT molecular complexity index is 1760. The van der Waals surface area contributed by atoms with E-state index in [1.54, 1.807) is 54.6 Å². The van der Waals surface area contributed by atoms with Gasteiger partial charge in [-0.3, -0.25) is 13.9 Å². The highest BCUT2D eigenvalue weighted by atomic mass is 35.5. The number of hydrogen-bond donors (Lipinski definition) is 1. The van der Waals surface area contributed by atoms with Gasteiger partial charge in [0.05, 0.1) is 10.6 Å². The summed E-state index contributed by atoms with van der Waals surface area (Å²) < 4.78 is 29.3. The lowest BCUT2D eigenvalue weighted by Crippen LogP contribution is -2.54. The molecule has 1 N–H and O–H groups in total. The van der Waals surface area contributed by atoms with Crippen molar-refractivity contribution >= 4 is 50.7 Å². The van der Waals surface area contributed by atoms with Crippen LogP contribution in [0, 0.1) is 6.92 Å². The fourth-order valence-electron chi connectivity index (χ4n) is 5.74. The summed E-state index contributed by atoms with van der Waals surface area (Å²) in [6.45, 7) is 1.30. The molecule has 4 aromatic rings. The number of benzene rings is 4. The number of carbonyl (C=O) groups excluding carboxylic acids is 2. The smallest absolute Gasteiger partial charge is 0.264 e. The van der Waals surface area contributed by atoms with Crippen molar-refractivity contribution in [2.24, 2.45) is 0 Å². The van der Waals surface area contributed by atoms with Gasteiger partial charge >= 0.3 is 0 Å². The lowest BCUT2D eigenvalue weighted by atomic mass is 10.0. The van der Waals surface area contributed by atoms with Crippen LogP contribution in [-0.2, 0) is 32.6 Å². The number of sulfonamides is 1. The predicted molar refractivity (Wildman–Crippen MR) is 183 cm³/mol. The van der Waals surface area contributed by atoms with Gasteiger partial charge in [-0.25, -0.2) is 8.42 Å². The standard InChI is InChI=1S/C36H37Cl2N3O4S/c1-26-19-20-31(23-33(26)38)41(46(44,45)32-17-6-3-7-18-32)25-35(42)40(24-28-13-10-14-29(37)21-28)34(22-27-11-4-2-5-12-27)36(43)39-30-15-8-9-16-30/h2-7,10-14,17-21,23,30,34H,8-9,15-16,22,24-25H2,1H3,(H,39,43)/t34-/m1/s1. The van der Waals surface area contributed by atoms with Gasteiger partial charge in [-0.15, -0.1) is 0 Å². The van der Waals surface area contributed by atoms with E-state index in [0.717, 1.165) is 41.1 Å². The van der Waals surface area contributed by atoms with E-state index in [1.807, 2.05) is 43.3 Å². The van der Waals surface area contributed by atoms with Crippen LogP contribution in [0.5, 0.6) is 0 Å². The van der Waals surface area contributed by atoms with Gasteiger partial charge in [0, 0.05) is 29.1 Å². The summed E-state index contributed by atoms with van der Waals surface area (Å²) in [5.74, 6) is -0.819. The Hall–Kier alpha value is -3.85. The number of anilines is 1. The van der Waals surface area contributed by atoms with Gasteiger partial charge in [0.2, 0.25) is 11.8 Å². The van der Waals surface area contributed by atoms with Crippen LogP contribution in [0.2, 0.25) is 10.0 Å². The third-order valence-corrected chi connectivity index (χ3v) is 10.7. The van der Waals surface area contributed by atoms with E-state index < -0.39 is 28.5 Å². The highest BCUT2D eigenvalue weighted by Crippen LogP contribution is 2.29. The fourth-order valence-corrected chi connectivity index (χ4v) is 7.55. The Morgan fingerprint density at radius 1 is 0.848 bits per heavy atom. The molecule has 1 fully saturated rings. The van der Waals surface area contributed by atoms with E-state index in [0.29, 0.717) is 15.6 Å². The van der Waals surface area contributed by atoms with Crippen LogP contribution in [0.25, 0.3) is 0 Å². The maximum Gasteiger partial charge on any atom is 0.264 e. The lowest BCUT2D eigenvalue weighted by molar-refractivity contribution is -0.140. The molecule has 1 atom stereocenters. The first-order chi connectivity index (χ1) is 22.1. The first kappa shape index (κ1) is 33.5. The van der Waals surface area contributed by atoms with Crippen LogP contribution in [0.1, 0.15) is 42.4 Å². The van der Waals surface area contributed by atoms with Crippen molar-refractivity contribution in [2.45, 2.75) is 62.6 Å². The number of hydrogen-bond acceptors (Lipinski definition) is 4. The molecule has 5 rings (SSSR count). The molecule has 1 aliphatic carbocycles. The summed E-state index contributed by atoms with van der Waals surface area (Å²) in [4.78, 5) is 30.2. The molecule has 0 unspecified atom stereocenters. The summed E-state index contributed by atoms with van der Waals surface area (Å²) in [6.07, 6.45) is 4.07. The Labute approximate surface area is 281 Å². The van der Waals surface area contributed by atoms with E-state index in [2.05, 4.69) is 5.32 Å². The summed E-state index contributed by atoms with van der Waals surface area (Å²) in [6, 6.07) is 28.5. The summed E-state index contributed by atoms with van der Waals surface area (Å²) >= 11 is 12.8. The van der Waals surface area contributed by atoms with Crippen molar-refractivity contribution in [1.82, 2.24) is 10.2 Å². The van der Waals surface area contributed by atoms with Gasteiger partial charge in [0.15, 0.2) is 0 Å². The highest BCUT2D eigenvalue weighted by molar-refractivity contribution is 7.92. The molecule has 0 radical (unpaired) electrons. The number of amides is 2. The summed E-state index contributed by atoms with van der Waals surface area (Å²) in [5, 5.41) is 4.03. The minimum atomic E-state index is -4.21. The van der Waals surface area contributed by atoms with Crippen molar-refractivity contribution in [3.63, 3.8) is 0 Å². The molecule has 0 aliphatic heterocycles. The van der Waals surface area contributed by atoms with E-state index in [-0.39, 0.29) is 35.5 Å². The lowest BCUT2D eigenvalue weighted by Gasteiger charge is -2.34. The number of nitrogens with one attached hydrogen (secondary N) is 1. The molecule has 1 aliphatic rings.